The maximum Gasteiger partial charge on any atom is 0.233 e. The smallest absolute Gasteiger partial charge is 0.233 e. The van der Waals surface area contributed by atoms with Crippen LogP contribution >= 0.6 is 12.2 Å². The lowest BCUT2D eigenvalue weighted by atomic mass is 9.79. The van der Waals surface area contributed by atoms with Gasteiger partial charge in [0.2, 0.25) is 5.91 Å². The van der Waals surface area contributed by atoms with Crippen molar-refractivity contribution in [1.29, 1.82) is 0 Å². The summed E-state index contributed by atoms with van der Waals surface area (Å²) in [5, 5.41) is 3.10. The molecule has 1 saturated carbocycles. The van der Waals surface area contributed by atoms with Crippen LogP contribution in [0, 0.1) is 16.7 Å². The quantitative estimate of drug-likeness (QED) is 0.753. The first-order valence-electron chi connectivity index (χ1n) is 7.09. The summed E-state index contributed by atoms with van der Waals surface area (Å²) < 4.78 is 5.33. The number of nitrogens with two attached hydrogens (primary N) is 1. The van der Waals surface area contributed by atoms with Crippen LogP contribution in [-0.2, 0) is 9.53 Å². The summed E-state index contributed by atoms with van der Waals surface area (Å²) in [6.07, 6.45) is 3.61. The molecule has 0 aromatic rings. The van der Waals surface area contributed by atoms with E-state index in [2.05, 4.69) is 19.2 Å². The van der Waals surface area contributed by atoms with Crippen molar-refractivity contribution in [2.75, 3.05) is 19.8 Å². The van der Waals surface area contributed by atoms with E-state index >= 15 is 0 Å². The number of ether oxygens (including phenoxy) is 1. The van der Waals surface area contributed by atoms with Crippen LogP contribution < -0.4 is 11.1 Å². The van der Waals surface area contributed by atoms with Crippen LogP contribution in [0.5, 0.6) is 0 Å². The molecule has 0 atom stereocenters. The van der Waals surface area contributed by atoms with Gasteiger partial charge in [0, 0.05) is 19.8 Å². The first-order valence-corrected chi connectivity index (χ1v) is 7.50. The first-order chi connectivity index (χ1) is 8.93. The van der Waals surface area contributed by atoms with Crippen molar-refractivity contribution >= 4 is 23.1 Å². The molecule has 0 bridgehead atoms. The van der Waals surface area contributed by atoms with Gasteiger partial charge in [-0.1, -0.05) is 26.1 Å². The van der Waals surface area contributed by atoms with Crippen LogP contribution in [0.25, 0.3) is 0 Å². The highest BCUT2D eigenvalue weighted by Crippen LogP contribution is 2.51. The zero-order chi connectivity index (χ0) is 14.1. The normalized spacial score (nSPS) is 23.9. The van der Waals surface area contributed by atoms with Crippen LogP contribution in [0.2, 0.25) is 0 Å². The summed E-state index contributed by atoms with van der Waals surface area (Å²) in [5.74, 6) is 0.596. The number of amides is 1. The fourth-order valence-corrected chi connectivity index (χ4v) is 3.15. The summed E-state index contributed by atoms with van der Waals surface area (Å²) >= 11 is 5.14. The summed E-state index contributed by atoms with van der Waals surface area (Å²) in [5.41, 5.74) is 5.44. The molecule has 0 spiro atoms. The molecule has 1 amide bonds. The maximum atomic E-state index is 12.5. The standard InChI is InChI=1S/C14H24N2O2S/c1-10(2)13(3-4-13)9-16-12(17)14(11(15)19)5-7-18-8-6-14/h10H,3-9H2,1-2H3,(H2,15,19)(H,16,17). The molecular weight excluding hydrogens is 260 g/mol. The molecule has 0 unspecified atom stereocenters. The Kier molecular flexibility index (Phi) is 4.16. The molecule has 0 aromatic carbocycles. The van der Waals surface area contributed by atoms with E-state index in [1.807, 2.05) is 0 Å². The van der Waals surface area contributed by atoms with Crippen LogP contribution in [0.15, 0.2) is 0 Å². The highest BCUT2D eigenvalue weighted by atomic mass is 32.1. The zero-order valence-corrected chi connectivity index (χ0v) is 12.6. The molecule has 2 fully saturated rings. The minimum Gasteiger partial charge on any atom is -0.392 e. The van der Waals surface area contributed by atoms with E-state index in [-0.39, 0.29) is 5.91 Å². The van der Waals surface area contributed by atoms with E-state index in [4.69, 9.17) is 22.7 Å². The molecule has 0 radical (unpaired) electrons. The highest BCUT2D eigenvalue weighted by Gasteiger charge is 2.48. The second-order valence-corrected chi connectivity index (χ2v) is 6.70. The molecule has 19 heavy (non-hydrogen) atoms. The molecule has 2 aliphatic rings. The molecule has 0 aromatic heterocycles. The second-order valence-electron chi connectivity index (χ2n) is 6.26. The van der Waals surface area contributed by atoms with Gasteiger partial charge < -0.3 is 15.8 Å². The van der Waals surface area contributed by atoms with Crippen molar-refractivity contribution in [3.05, 3.63) is 0 Å². The summed E-state index contributed by atoms with van der Waals surface area (Å²) in [7, 11) is 0. The van der Waals surface area contributed by atoms with Gasteiger partial charge in [0.25, 0.3) is 0 Å². The third kappa shape index (κ3) is 2.77. The number of hydrogen-bond acceptors (Lipinski definition) is 3. The van der Waals surface area contributed by atoms with Gasteiger partial charge >= 0.3 is 0 Å². The first kappa shape index (κ1) is 14.7. The predicted molar refractivity (Wildman–Crippen MR) is 78.8 cm³/mol. The Morgan fingerprint density at radius 1 is 1.32 bits per heavy atom. The SMILES string of the molecule is CC(C)C1(CNC(=O)C2(C(N)=S)CCOCC2)CC1. The number of carbonyl (C=O) groups excluding carboxylic acids is 1. The molecule has 1 aliphatic carbocycles. The van der Waals surface area contributed by atoms with Crippen molar-refractivity contribution in [3.63, 3.8) is 0 Å². The van der Waals surface area contributed by atoms with Crippen LogP contribution in [0.1, 0.15) is 39.5 Å². The van der Waals surface area contributed by atoms with E-state index < -0.39 is 5.41 Å². The molecule has 1 aliphatic heterocycles. The Balaban J connectivity index is 1.99. The van der Waals surface area contributed by atoms with Crippen LogP contribution in [-0.4, -0.2) is 30.7 Å². The fourth-order valence-electron chi connectivity index (χ4n) is 2.85. The van der Waals surface area contributed by atoms with Crippen molar-refractivity contribution in [2.24, 2.45) is 22.5 Å². The lowest BCUT2D eigenvalue weighted by Gasteiger charge is -2.35. The van der Waals surface area contributed by atoms with Crippen molar-refractivity contribution in [2.45, 2.75) is 39.5 Å². The fraction of sp³-hybridized carbons (Fsp3) is 0.857. The Labute approximate surface area is 120 Å². The van der Waals surface area contributed by atoms with E-state index in [0.717, 1.165) is 6.54 Å². The largest absolute Gasteiger partial charge is 0.392 e. The van der Waals surface area contributed by atoms with Crippen LogP contribution in [0.4, 0.5) is 0 Å². The lowest BCUT2D eigenvalue weighted by molar-refractivity contribution is -0.131. The average molecular weight is 284 g/mol. The van der Waals surface area contributed by atoms with Gasteiger partial charge in [-0.05, 0) is 37.0 Å². The molecule has 1 heterocycles. The monoisotopic (exact) mass is 284 g/mol. The molecule has 4 nitrogen and oxygen atoms in total. The molecular formula is C14H24N2O2S. The minimum atomic E-state index is -0.694. The second kappa shape index (κ2) is 5.37. The lowest BCUT2D eigenvalue weighted by Crippen LogP contribution is -2.53. The Morgan fingerprint density at radius 3 is 2.32 bits per heavy atom. The van der Waals surface area contributed by atoms with Gasteiger partial charge in [-0.2, -0.15) is 0 Å². The minimum absolute atomic E-state index is 0.00442. The van der Waals surface area contributed by atoms with Gasteiger partial charge in [-0.3, -0.25) is 4.79 Å². The van der Waals surface area contributed by atoms with Crippen LogP contribution in [0.3, 0.4) is 0 Å². The molecule has 5 heteroatoms. The maximum absolute atomic E-state index is 12.5. The molecule has 2 rings (SSSR count). The highest BCUT2D eigenvalue weighted by molar-refractivity contribution is 7.80. The topological polar surface area (TPSA) is 64.4 Å². The Bertz CT molecular complexity index is 372. The number of hydrogen-bond donors (Lipinski definition) is 2. The zero-order valence-electron chi connectivity index (χ0n) is 11.8. The summed E-state index contributed by atoms with van der Waals surface area (Å²) in [4.78, 5) is 12.8. The molecule has 3 N–H and O–H groups in total. The third-order valence-corrected chi connectivity index (χ3v) is 5.36. The Hall–Kier alpha value is -0.680. The predicted octanol–water partition coefficient (Wildman–Crippen LogP) is 1.62. The van der Waals surface area contributed by atoms with Crippen molar-refractivity contribution in [3.8, 4) is 0 Å². The van der Waals surface area contributed by atoms with Gasteiger partial charge in [0.1, 0.15) is 5.41 Å². The van der Waals surface area contributed by atoms with Gasteiger partial charge in [-0.25, -0.2) is 0 Å². The summed E-state index contributed by atoms with van der Waals surface area (Å²) in [6, 6.07) is 0. The van der Waals surface area contributed by atoms with Crippen molar-refractivity contribution in [1.82, 2.24) is 5.32 Å². The Morgan fingerprint density at radius 2 is 1.89 bits per heavy atom. The average Bonchev–Trinajstić information content (AvgIpc) is 3.17. The number of thiocarbonyl (C=S) groups is 1. The van der Waals surface area contributed by atoms with E-state index in [1.165, 1.54) is 12.8 Å². The van der Waals surface area contributed by atoms with E-state index in [1.54, 1.807) is 0 Å². The number of carbonyl (C=O) groups is 1. The molecule has 108 valence electrons. The van der Waals surface area contributed by atoms with Gasteiger partial charge in [0.15, 0.2) is 0 Å². The third-order valence-electron chi connectivity index (χ3n) is 4.97. The van der Waals surface area contributed by atoms with Gasteiger partial charge in [0.05, 0.1) is 4.99 Å². The van der Waals surface area contributed by atoms with Crippen molar-refractivity contribution < 1.29 is 9.53 Å². The van der Waals surface area contributed by atoms with Gasteiger partial charge in [-0.15, -0.1) is 0 Å². The summed E-state index contributed by atoms with van der Waals surface area (Å²) in [6.45, 7) is 6.29. The number of rotatable bonds is 5. The van der Waals surface area contributed by atoms with E-state index in [9.17, 15) is 4.79 Å². The van der Waals surface area contributed by atoms with E-state index in [0.29, 0.717) is 42.4 Å². The molecule has 1 saturated heterocycles. The number of nitrogens with one attached hydrogen (secondary N) is 1.